The van der Waals surface area contributed by atoms with E-state index in [1.54, 1.807) is 4.57 Å². The molecule has 0 aromatic carbocycles. The van der Waals surface area contributed by atoms with Gasteiger partial charge in [0.05, 0.1) is 0 Å². The lowest BCUT2D eigenvalue weighted by Crippen LogP contribution is -2.31. The van der Waals surface area contributed by atoms with Crippen LogP contribution in [0.25, 0.3) is 0 Å². The zero-order chi connectivity index (χ0) is 13.7. The Kier molecular flexibility index (Phi) is 4.90. The summed E-state index contributed by atoms with van der Waals surface area (Å²) in [4.78, 5) is 28.1. The van der Waals surface area contributed by atoms with Crippen LogP contribution in [0.15, 0.2) is 16.6 Å². The molecule has 1 aromatic heterocycles. The molecular formula is C13H19N3O2S. The SMILES string of the molecule is Cn1ccsc1=NC(=O)CCNC(=O)C1CCCC1. The van der Waals surface area contributed by atoms with Gasteiger partial charge in [-0.15, -0.1) is 11.3 Å². The van der Waals surface area contributed by atoms with Crippen molar-refractivity contribution < 1.29 is 9.59 Å². The fourth-order valence-electron chi connectivity index (χ4n) is 2.22. The third-order valence-corrected chi connectivity index (χ3v) is 4.19. The number of rotatable bonds is 4. The smallest absolute Gasteiger partial charge is 0.250 e. The van der Waals surface area contributed by atoms with Gasteiger partial charge >= 0.3 is 0 Å². The van der Waals surface area contributed by atoms with Gasteiger partial charge < -0.3 is 9.88 Å². The molecule has 104 valence electrons. The van der Waals surface area contributed by atoms with E-state index in [1.165, 1.54) is 11.3 Å². The Balaban J connectivity index is 1.75. The van der Waals surface area contributed by atoms with E-state index in [0.717, 1.165) is 25.7 Å². The second-order valence-electron chi connectivity index (χ2n) is 4.82. The van der Waals surface area contributed by atoms with Gasteiger partial charge in [0.1, 0.15) is 0 Å². The Labute approximate surface area is 116 Å². The minimum atomic E-state index is -0.190. The van der Waals surface area contributed by atoms with Crippen LogP contribution in [0.1, 0.15) is 32.1 Å². The zero-order valence-electron chi connectivity index (χ0n) is 11.1. The summed E-state index contributed by atoms with van der Waals surface area (Å²) >= 11 is 1.43. The molecule has 0 saturated heterocycles. The number of hydrogen-bond donors (Lipinski definition) is 1. The molecule has 1 aromatic rings. The fourth-order valence-corrected chi connectivity index (χ4v) is 2.97. The summed E-state index contributed by atoms with van der Waals surface area (Å²) < 4.78 is 1.81. The van der Waals surface area contributed by atoms with Gasteiger partial charge in [0.2, 0.25) is 11.8 Å². The van der Waals surface area contributed by atoms with Crippen molar-refractivity contribution in [1.82, 2.24) is 9.88 Å². The minimum absolute atomic E-state index is 0.0898. The van der Waals surface area contributed by atoms with Crippen molar-refractivity contribution in [2.24, 2.45) is 18.0 Å². The van der Waals surface area contributed by atoms with E-state index in [4.69, 9.17) is 0 Å². The predicted molar refractivity (Wildman–Crippen MR) is 73.4 cm³/mol. The van der Waals surface area contributed by atoms with Crippen LogP contribution < -0.4 is 10.1 Å². The highest BCUT2D eigenvalue weighted by Gasteiger charge is 2.22. The molecule has 0 aliphatic heterocycles. The lowest BCUT2D eigenvalue weighted by atomic mass is 10.1. The van der Waals surface area contributed by atoms with Gasteiger partial charge in [-0.3, -0.25) is 9.59 Å². The van der Waals surface area contributed by atoms with Crippen LogP contribution in [0.3, 0.4) is 0 Å². The Morgan fingerprint density at radius 2 is 2.21 bits per heavy atom. The molecule has 6 heteroatoms. The monoisotopic (exact) mass is 281 g/mol. The summed E-state index contributed by atoms with van der Waals surface area (Å²) in [7, 11) is 1.85. The molecule has 1 N–H and O–H groups in total. The van der Waals surface area contributed by atoms with Gasteiger partial charge in [0.15, 0.2) is 4.80 Å². The molecule has 1 aliphatic carbocycles. The summed E-state index contributed by atoms with van der Waals surface area (Å²) in [6, 6.07) is 0. The van der Waals surface area contributed by atoms with Gasteiger partial charge in [-0.2, -0.15) is 4.99 Å². The van der Waals surface area contributed by atoms with Crippen molar-refractivity contribution >= 4 is 23.2 Å². The molecule has 0 radical (unpaired) electrons. The largest absolute Gasteiger partial charge is 0.355 e. The first-order chi connectivity index (χ1) is 9.16. The molecule has 1 fully saturated rings. The van der Waals surface area contributed by atoms with E-state index in [0.29, 0.717) is 11.3 Å². The molecule has 5 nitrogen and oxygen atoms in total. The number of nitrogens with one attached hydrogen (secondary N) is 1. The summed E-state index contributed by atoms with van der Waals surface area (Å²) in [5.74, 6) is 0.0545. The Hall–Kier alpha value is -1.43. The third kappa shape index (κ3) is 4.02. The molecule has 0 bridgehead atoms. The average Bonchev–Trinajstić information content (AvgIpc) is 3.02. The highest BCUT2D eigenvalue weighted by molar-refractivity contribution is 7.07. The van der Waals surface area contributed by atoms with Crippen LogP contribution in [-0.2, 0) is 16.6 Å². The van der Waals surface area contributed by atoms with E-state index in [1.807, 2.05) is 18.6 Å². The number of hydrogen-bond acceptors (Lipinski definition) is 3. The van der Waals surface area contributed by atoms with Crippen molar-refractivity contribution in [2.45, 2.75) is 32.1 Å². The molecule has 2 amide bonds. The number of aromatic nitrogens is 1. The fraction of sp³-hybridized carbons (Fsp3) is 0.615. The first-order valence-corrected chi connectivity index (χ1v) is 7.50. The zero-order valence-corrected chi connectivity index (χ0v) is 11.9. The maximum atomic E-state index is 11.7. The maximum Gasteiger partial charge on any atom is 0.250 e. The summed E-state index contributed by atoms with van der Waals surface area (Å²) in [6.07, 6.45) is 6.36. The topological polar surface area (TPSA) is 63.5 Å². The predicted octanol–water partition coefficient (Wildman–Crippen LogP) is 1.21. The Morgan fingerprint density at radius 3 is 2.84 bits per heavy atom. The first kappa shape index (κ1) is 14.0. The number of carbonyl (C=O) groups is 2. The molecular weight excluding hydrogens is 262 g/mol. The second-order valence-corrected chi connectivity index (χ2v) is 5.70. The highest BCUT2D eigenvalue weighted by atomic mass is 32.1. The van der Waals surface area contributed by atoms with Crippen LogP contribution in [0.5, 0.6) is 0 Å². The minimum Gasteiger partial charge on any atom is -0.355 e. The van der Waals surface area contributed by atoms with E-state index in [-0.39, 0.29) is 24.2 Å². The van der Waals surface area contributed by atoms with Crippen LogP contribution in [-0.4, -0.2) is 22.9 Å². The van der Waals surface area contributed by atoms with Crippen molar-refractivity contribution in [3.8, 4) is 0 Å². The van der Waals surface area contributed by atoms with Crippen molar-refractivity contribution in [1.29, 1.82) is 0 Å². The number of nitrogens with zero attached hydrogens (tertiary/aromatic N) is 2. The number of carbonyl (C=O) groups excluding carboxylic acids is 2. The maximum absolute atomic E-state index is 11.7. The normalized spacial score (nSPS) is 16.8. The molecule has 1 heterocycles. The molecule has 0 atom stereocenters. The number of amides is 2. The van der Waals surface area contributed by atoms with Crippen molar-refractivity contribution in [3.63, 3.8) is 0 Å². The standard InChI is InChI=1S/C13H19N3O2S/c1-16-8-9-19-13(16)15-11(17)6-7-14-12(18)10-4-2-3-5-10/h8-10H,2-7H2,1H3,(H,14,18). The highest BCUT2D eigenvalue weighted by Crippen LogP contribution is 2.24. The average molecular weight is 281 g/mol. The van der Waals surface area contributed by atoms with Crippen LogP contribution in [0, 0.1) is 5.92 Å². The summed E-state index contributed by atoms with van der Waals surface area (Å²) in [6.45, 7) is 0.382. The quantitative estimate of drug-likeness (QED) is 0.901. The summed E-state index contributed by atoms with van der Waals surface area (Å²) in [5.41, 5.74) is 0. The van der Waals surface area contributed by atoms with Gasteiger partial charge in [0, 0.05) is 37.5 Å². The Morgan fingerprint density at radius 1 is 1.47 bits per heavy atom. The molecule has 19 heavy (non-hydrogen) atoms. The first-order valence-electron chi connectivity index (χ1n) is 6.62. The summed E-state index contributed by atoms with van der Waals surface area (Å²) in [5, 5.41) is 4.71. The van der Waals surface area contributed by atoms with E-state index in [9.17, 15) is 9.59 Å². The van der Waals surface area contributed by atoms with Gasteiger partial charge in [-0.05, 0) is 12.8 Å². The molecule has 1 saturated carbocycles. The van der Waals surface area contributed by atoms with Crippen molar-refractivity contribution in [3.05, 3.63) is 16.4 Å². The Bertz CT molecular complexity index is 512. The second kappa shape index (κ2) is 6.65. The third-order valence-electron chi connectivity index (χ3n) is 3.34. The van der Waals surface area contributed by atoms with Gasteiger partial charge in [0.25, 0.3) is 0 Å². The van der Waals surface area contributed by atoms with Crippen molar-refractivity contribution in [2.75, 3.05) is 6.54 Å². The van der Waals surface area contributed by atoms with Gasteiger partial charge in [-0.25, -0.2) is 0 Å². The van der Waals surface area contributed by atoms with Crippen LogP contribution >= 0.6 is 11.3 Å². The number of aryl methyl sites for hydroxylation is 1. The van der Waals surface area contributed by atoms with E-state index >= 15 is 0 Å². The van der Waals surface area contributed by atoms with Crippen LogP contribution in [0.2, 0.25) is 0 Å². The van der Waals surface area contributed by atoms with E-state index in [2.05, 4.69) is 10.3 Å². The molecule has 0 unspecified atom stereocenters. The molecule has 1 aliphatic rings. The lowest BCUT2D eigenvalue weighted by Gasteiger charge is -2.08. The van der Waals surface area contributed by atoms with Crippen LogP contribution in [0.4, 0.5) is 0 Å². The molecule has 0 spiro atoms. The van der Waals surface area contributed by atoms with E-state index < -0.39 is 0 Å². The van der Waals surface area contributed by atoms with Gasteiger partial charge in [-0.1, -0.05) is 12.8 Å². The number of thiazole rings is 1. The molecule has 2 rings (SSSR count). The lowest BCUT2D eigenvalue weighted by molar-refractivity contribution is -0.124.